The third-order valence-corrected chi connectivity index (χ3v) is 7.99. The lowest BCUT2D eigenvalue weighted by Crippen LogP contribution is -2.38. The van der Waals surface area contributed by atoms with Crippen LogP contribution in [0.4, 0.5) is 0 Å². The van der Waals surface area contributed by atoms with Crippen LogP contribution in [0.1, 0.15) is 21.9 Å². The highest BCUT2D eigenvalue weighted by Gasteiger charge is 2.18. The first-order chi connectivity index (χ1) is 18.2. The van der Waals surface area contributed by atoms with Crippen LogP contribution < -0.4 is 5.32 Å². The van der Waals surface area contributed by atoms with Crippen molar-refractivity contribution in [3.63, 3.8) is 0 Å². The Balaban J connectivity index is 1.22. The number of pyridine rings is 1. The van der Waals surface area contributed by atoms with Crippen LogP contribution in [0, 0.1) is 0 Å². The van der Waals surface area contributed by atoms with Crippen molar-refractivity contribution in [2.75, 3.05) is 39.4 Å². The fourth-order valence-electron chi connectivity index (χ4n) is 3.93. The van der Waals surface area contributed by atoms with Gasteiger partial charge >= 0.3 is 0 Å². The van der Waals surface area contributed by atoms with Crippen molar-refractivity contribution < 1.29 is 9.53 Å². The zero-order chi connectivity index (χ0) is 25.5. The molecule has 4 aromatic rings. The highest BCUT2D eigenvalue weighted by molar-refractivity contribution is 7.98. The fourth-order valence-corrected chi connectivity index (χ4v) is 5.86. The maximum absolute atomic E-state index is 12.6. The molecule has 1 aromatic carbocycles. The Kier molecular flexibility index (Phi) is 8.80. The number of nitrogens with one attached hydrogen (secondary N) is 1. The van der Waals surface area contributed by atoms with Crippen LogP contribution in [0.5, 0.6) is 0 Å². The molecule has 0 atom stereocenters. The normalized spacial score (nSPS) is 14.1. The summed E-state index contributed by atoms with van der Waals surface area (Å²) < 4.78 is 7.34. The minimum absolute atomic E-state index is 0.142. The second-order valence-electron chi connectivity index (χ2n) is 8.34. The number of thiazole rings is 1. The number of thioether (sulfide) groups is 1. The lowest BCUT2D eigenvalue weighted by Gasteiger charge is -2.26. The Bertz CT molecular complexity index is 1330. The summed E-state index contributed by atoms with van der Waals surface area (Å²) >= 11 is 9.25. The second-order valence-corrected chi connectivity index (χ2v) is 10.7. The van der Waals surface area contributed by atoms with Crippen LogP contribution in [-0.4, -0.2) is 74.9 Å². The molecule has 0 unspecified atom stereocenters. The molecular formula is C25H26ClN7O2S2. The van der Waals surface area contributed by atoms with Crippen LogP contribution in [0.2, 0.25) is 5.02 Å². The minimum Gasteiger partial charge on any atom is -0.379 e. The molecule has 9 nitrogen and oxygen atoms in total. The van der Waals surface area contributed by atoms with Gasteiger partial charge in [0.15, 0.2) is 11.0 Å². The maximum Gasteiger partial charge on any atom is 0.270 e. The van der Waals surface area contributed by atoms with Gasteiger partial charge in [-0.3, -0.25) is 19.2 Å². The molecule has 192 valence electrons. The van der Waals surface area contributed by atoms with Gasteiger partial charge in [0, 0.05) is 48.0 Å². The largest absolute Gasteiger partial charge is 0.379 e. The molecule has 1 N–H and O–H groups in total. The third kappa shape index (κ3) is 6.74. The molecule has 4 heterocycles. The fraction of sp³-hybridized carbons (Fsp3) is 0.320. The van der Waals surface area contributed by atoms with E-state index >= 15 is 0 Å². The van der Waals surface area contributed by atoms with Crippen LogP contribution in [0.25, 0.3) is 17.1 Å². The molecule has 0 saturated carbocycles. The van der Waals surface area contributed by atoms with Crippen molar-refractivity contribution in [3.8, 4) is 17.1 Å². The Morgan fingerprint density at radius 3 is 2.81 bits per heavy atom. The average Bonchev–Trinajstić information content (AvgIpc) is 3.58. The van der Waals surface area contributed by atoms with E-state index in [1.54, 1.807) is 17.8 Å². The lowest BCUT2D eigenvalue weighted by molar-refractivity contribution is 0.0374. The summed E-state index contributed by atoms with van der Waals surface area (Å²) in [6.45, 7) is 5.06. The summed E-state index contributed by atoms with van der Waals surface area (Å²) in [4.78, 5) is 23.6. The number of hydrogen-bond acceptors (Lipinski definition) is 9. The Labute approximate surface area is 228 Å². The number of nitrogens with zero attached hydrogens (tertiary/aromatic N) is 6. The first kappa shape index (κ1) is 25.8. The molecule has 0 spiro atoms. The topological polar surface area (TPSA) is 98.1 Å². The van der Waals surface area contributed by atoms with Crippen molar-refractivity contribution in [1.29, 1.82) is 0 Å². The number of ether oxygens (including phenoxy) is 1. The van der Waals surface area contributed by atoms with E-state index in [0.29, 0.717) is 34.0 Å². The molecule has 3 aromatic heterocycles. The third-order valence-electron chi connectivity index (χ3n) is 5.79. The quantitative estimate of drug-likeness (QED) is 0.230. The number of benzene rings is 1. The summed E-state index contributed by atoms with van der Waals surface area (Å²) in [6, 6.07) is 11.4. The first-order valence-corrected chi connectivity index (χ1v) is 14.2. The summed E-state index contributed by atoms with van der Waals surface area (Å²) in [5, 5.41) is 15.8. The average molecular weight is 556 g/mol. The molecule has 1 aliphatic rings. The van der Waals surface area contributed by atoms with E-state index in [2.05, 4.69) is 30.4 Å². The van der Waals surface area contributed by atoms with Crippen LogP contribution in [0.15, 0.2) is 59.3 Å². The second kappa shape index (κ2) is 12.6. The Morgan fingerprint density at radius 2 is 2.00 bits per heavy atom. The number of morpholine rings is 1. The van der Waals surface area contributed by atoms with Crippen molar-refractivity contribution in [3.05, 3.63) is 69.9 Å². The standard InChI is InChI=1S/C25H26ClN7O2S2/c26-19-3-1-4-20(15-19)33-23(18-5-8-27-9-6-18)30-31-25(33)37-17-22-29-21(16-36-22)24(34)28-7-2-10-32-11-13-35-14-12-32/h1,3-6,8-9,15-16H,2,7,10-14,17H2,(H,28,34). The van der Waals surface area contributed by atoms with E-state index in [1.165, 1.54) is 23.1 Å². The molecule has 0 bridgehead atoms. The van der Waals surface area contributed by atoms with Crippen molar-refractivity contribution in [2.24, 2.45) is 0 Å². The van der Waals surface area contributed by atoms with E-state index in [9.17, 15) is 4.79 Å². The van der Waals surface area contributed by atoms with E-state index in [-0.39, 0.29) is 5.91 Å². The number of amides is 1. The van der Waals surface area contributed by atoms with E-state index < -0.39 is 0 Å². The summed E-state index contributed by atoms with van der Waals surface area (Å²) in [6.07, 6.45) is 4.35. The van der Waals surface area contributed by atoms with Gasteiger partial charge in [-0.1, -0.05) is 29.4 Å². The molecule has 0 radical (unpaired) electrons. The number of rotatable bonds is 10. The number of halogens is 1. The highest BCUT2D eigenvalue weighted by Crippen LogP contribution is 2.31. The molecule has 1 amide bonds. The monoisotopic (exact) mass is 555 g/mol. The van der Waals surface area contributed by atoms with E-state index in [4.69, 9.17) is 16.3 Å². The van der Waals surface area contributed by atoms with E-state index in [1.807, 2.05) is 41.0 Å². The molecule has 1 fully saturated rings. The Hall–Kier alpha value is -2.83. The predicted molar refractivity (Wildman–Crippen MR) is 145 cm³/mol. The van der Waals surface area contributed by atoms with Crippen LogP contribution in [-0.2, 0) is 10.5 Å². The van der Waals surface area contributed by atoms with Gasteiger partial charge in [0.2, 0.25) is 0 Å². The van der Waals surface area contributed by atoms with Gasteiger partial charge in [-0.25, -0.2) is 4.98 Å². The number of aromatic nitrogens is 5. The van der Waals surface area contributed by atoms with Gasteiger partial charge < -0.3 is 10.1 Å². The zero-order valence-electron chi connectivity index (χ0n) is 20.0. The zero-order valence-corrected chi connectivity index (χ0v) is 22.4. The van der Waals surface area contributed by atoms with Gasteiger partial charge in [-0.2, -0.15) is 0 Å². The minimum atomic E-state index is -0.142. The van der Waals surface area contributed by atoms with E-state index in [0.717, 1.165) is 55.5 Å². The molecule has 5 rings (SSSR count). The van der Waals surface area contributed by atoms with Gasteiger partial charge in [0.25, 0.3) is 5.91 Å². The van der Waals surface area contributed by atoms with Crippen molar-refractivity contribution in [2.45, 2.75) is 17.3 Å². The SMILES string of the molecule is O=C(NCCCN1CCOCC1)c1csc(CSc2nnc(-c3ccncc3)n2-c2cccc(Cl)c2)n1. The molecule has 12 heteroatoms. The van der Waals surface area contributed by atoms with Crippen LogP contribution >= 0.6 is 34.7 Å². The lowest BCUT2D eigenvalue weighted by atomic mass is 10.2. The predicted octanol–water partition coefficient (Wildman–Crippen LogP) is 4.18. The van der Waals surface area contributed by atoms with Gasteiger partial charge in [0.05, 0.1) is 24.7 Å². The number of carbonyl (C=O) groups is 1. The van der Waals surface area contributed by atoms with Crippen molar-refractivity contribution >= 4 is 40.6 Å². The first-order valence-electron chi connectivity index (χ1n) is 11.9. The Morgan fingerprint density at radius 1 is 1.16 bits per heavy atom. The summed E-state index contributed by atoms with van der Waals surface area (Å²) in [5.74, 6) is 1.12. The molecule has 1 saturated heterocycles. The number of hydrogen-bond donors (Lipinski definition) is 1. The highest BCUT2D eigenvalue weighted by atomic mass is 35.5. The molecule has 1 aliphatic heterocycles. The molecule has 37 heavy (non-hydrogen) atoms. The van der Waals surface area contributed by atoms with Crippen molar-refractivity contribution in [1.82, 2.24) is 34.9 Å². The molecule has 0 aliphatic carbocycles. The van der Waals surface area contributed by atoms with Gasteiger partial charge in [-0.05, 0) is 43.3 Å². The smallest absolute Gasteiger partial charge is 0.270 e. The number of carbonyl (C=O) groups excluding carboxylic acids is 1. The molecular weight excluding hydrogens is 530 g/mol. The van der Waals surface area contributed by atoms with Gasteiger partial charge in [-0.15, -0.1) is 21.5 Å². The van der Waals surface area contributed by atoms with Crippen LogP contribution in [0.3, 0.4) is 0 Å². The summed E-state index contributed by atoms with van der Waals surface area (Å²) in [5.41, 5.74) is 2.21. The summed E-state index contributed by atoms with van der Waals surface area (Å²) in [7, 11) is 0. The van der Waals surface area contributed by atoms with Gasteiger partial charge in [0.1, 0.15) is 10.7 Å². The maximum atomic E-state index is 12.6.